The summed E-state index contributed by atoms with van der Waals surface area (Å²) in [4.78, 5) is 0. The van der Waals surface area contributed by atoms with E-state index < -0.39 is 8.32 Å². The van der Waals surface area contributed by atoms with Crippen molar-refractivity contribution in [1.82, 2.24) is 0 Å². The van der Waals surface area contributed by atoms with E-state index in [0.29, 0.717) is 19.6 Å². The molecule has 0 unspecified atom stereocenters. The van der Waals surface area contributed by atoms with Gasteiger partial charge in [-0.1, -0.05) is 0 Å². The van der Waals surface area contributed by atoms with Crippen molar-refractivity contribution in [3.63, 3.8) is 0 Å². The Labute approximate surface area is 75.4 Å². The van der Waals surface area contributed by atoms with Gasteiger partial charge in [0.05, 0.1) is 19.3 Å². The Kier molecular flexibility index (Phi) is 5.99. The minimum atomic E-state index is -1.56. The highest BCUT2D eigenvalue weighted by molar-refractivity contribution is 6.71. The third-order valence-corrected chi connectivity index (χ3v) is 4.06. The molecule has 3 nitrogen and oxygen atoms in total. The first kappa shape index (κ1) is 11.6. The lowest BCUT2D eigenvalue weighted by Crippen LogP contribution is -2.31. The maximum atomic E-state index is 8.39. The van der Waals surface area contributed by atoms with Gasteiger partial charge in [0, 0.05) is 13.5 Å². The SMILES string of the molecule is COCCO[Si](C)(C)CCC#N. The van der Waals surface area contributed by atoms with Gasteiger partial charge in [-0.25, -0.2) is 0 Å². The number of nitrogens with zero attached hydrogens (tertiary/aromatic N) is 1. The summed E-state index contributed by atoms with van der Waals surface area (Å²) in [6.45, 7) is 5.55. The van der Waals surface area contributed by atoms with Gasteiger partial charge in [-0.3, -0.25) is 0 Å². The van der Waals surface area contributed by atoms with E-state index in [4.69, 9.17) is 14.4 Å². The van der Waals surface area contributed by atoms with Crippen LogP contribution >= 0.6 is 0 Å². The van der Waals surface area contributed by atoms with Gasteiger partial charge in [0.2, 0.25) is 0 Å². The van der Waals surface area contributed by atoms with E-state index in [0.717, 1.165) is 6.04 Å². The molecular formula is C8H17NO2Si. The summed E-state index contributed by atoms with van der Waals surface area (Å²) in [6, 6.07) is 3.05. The molecule has 0 aliphatic carbocycles. The molecule has 12 heavy (non-hydrogen) atoms. The van der Waals surface area contributed by atoms with Gasteiger partial charge >= 0.3 is 0 Å². The molecule has 0 rings (SSSR count). The van der Waals surface area contributed by atoms with Gasteiger partial charge in [-0.2, -0.15) is 5.26 Å². The Morgan fingerprint density at radius 1 is 1.33 bits per heavy atom. The van der Waals surface area contributed by atoms with Crippen molar-refractivity contribution in [1.29, 1.82) is 5.26 Å². The lowest BCUT2D eigenvalue weighted by molar-refractivity contribution is 0.142. The maximum absolute atomic E-state index is 8.39. The van der Waals surface area contributed by atoms with Crippen molar-refractivity contribution >= 4 is 8.32 Å². The first-order valence-corrected chi connectivity index (χ1v) is 7.24. The molecule has 0 saturated heterocycles. The van der Waals surface area contributed by atoms with Crippen LogP contribution in [0.3, 0.4) is 0 Å². The van der Waals surface area contributed by atoms with E-state index >= 15 is 0 Å². The van der Waals surface area contributed by atoms with Gasteiger partial charge < -0.3 is 9.16 Å². The first-order chi connectivity index (χ1) is 5.62. The number of methoxy groups -OCH3 is 1. The van der Waals surface area contributed by atoms with Gasteiger partial charge in [0.15, 0.2) is 8.32 Å². The van der Waals surface area contributed by atoms with Gasteiger partial charge in [0.1, 0.15) is 0 Å². The van der Waals surface area contributed by atoms with E-state index in [1.165, 1.54) is 0 Å². The minimum Gasteiger partial charge on any atom is -0.415 e. The Balaban J connectivity index is 3.50. The van der Waals surface area contributed by atoms with Gasteiger partial charge in [-0.15, -0.1) is 0 Å². The molecule has 0 aliphatic heterocycles. The number of hydrogen-bond acceptors (Lipinski definition) is 3. The molecular weight excluding hydrogens is 170 g/mol. The summed E-state index contributed by atoms with van der Waals surface area (Å²) in [5.74, 6) is 0. The fourth-order valence-corrected chi connectivity index (χ4v) is 2.32. The minimum absolute atomic E-state index is 0.603. The molecule has 0 amide bonds. The average molecular weight is 187 g/mol. The molecule has 0 spiro atoms. The van der Waals surface area contributed by atoms with Crippen LogP contribution in [0.1, 0.15) is 6.42 Å². The third-order valence-electron chi connectivity index (χ3n) is 1.62. The van der Waals surface area contributed by atoms with E-state index in [1.807, 2.05) is 0 Å². The van der Waals surface area contributed by atoms with Crippen molar-refractivity contribution in [2.24, 2.45) is 0 Å². The Morgan fingerprint density at radius 2 is 2.00 bits per heavy atom. The van der Waals surface area contributed by atoms with Gasteiger partial charge in [0.25, 0.3) is 0 Å². The van der Waals surface area contributed by atoms with Crippen LogP contribution < -0.4 is 0 Å². The van der Waals surface area contributed by atoms with Crippen LogP contribution in [0.25, 0.3) is 0 Å². The molecule has 0 aromatic heterocycles. The Bertz CT molecular complexity index is 154. The number of nitriles is 1. The lowest BCUT2D eigenvalue weighted by atomic mass is 10.6. The van der Waals surface area contributed by atoms with Crippen LogP contribution in [0.4, 0.5) is 0 Å². The second-order valence-corrected chi connectivity index (χ2v) is 7.57. The molecule has 0 fully saturated rings. The molecule has 0 heterocycles. The molecule has 0 atom stereocenters. The Hall–Kier alpha value is -0.373. The van der Waals surface area contributed by atoms with E-state index in [1.54, 1.807) is 7.11 Å². The molecule has 0 saturated carbocycles. The van der Waals surface area contributed by atoms with E-state index in [-0.39, 0.29) is 0 Å². The fourth-order valence-electron chi connectivity index (χ4n) is 0.830. The number of ether oxygens (including phenoxy) is 1. The molecule has 0 aliphatic rings. The first-order valence-electron chi connectivity index (χ1n) is 4.12. The van der Waals surface area contributed by atoms with Crippen molar-refractivity contribution in [3.05, 3.63) is 0 Å². The largest absolute Gasteiger partial charge is 0.415 e. The smallest absolute Gasteiger partial charge is 0.187 e. The summed E-state index contributed by atoms with van der Waals surface area (Å²) in [6.07, 6.45) is 0.603. The quantitative estimate of drug-likeness (QED) is 0.470. The van der Waals surface area contributed by atoms with Crippen LogP contribution in [-0.4, -0.2) is 28.6 Å². The highest BCUT2D eigenvalue weighted by atomic mass is 28.4. The number of hydrogen-bond donors (Lipinski definition) is 0. The van der Waals surface area contributed by atoms with Crippen molar-refractivity contribution in [2.75, 3.05) is 20.3 Å². The zero-order chi connectivity index (χ0) is 9.45. The zero-order valence-corrected chi connectivity index (χ0v) is 9.09. The zero-order valence-electron chi connectivity index (χ0n) is 8.09. The molecule has 0 aromatic carbocycles. The van der Waals surface area contributed by atoms with Crippen molar-refractivity contribution in [2.45, 2.75) is 25.6 Å². The molecule has 4 heteroatoms. The molecule has 0 aromatic rings. The highest BCUT2D eigenvalue weighted by Crippen LogP contribution is 2.12. The maximum Gasteiger partial charge on any atom is 0.187 e. The van der Waals surface area contributed by atoms with Crippen LogP contribution in [0.2, 0.25) is 19.1 Å². The van der Waals surface area contributed by atoms with Crippen LogP contribution in [-0.2, 0) is 9.16 Å². The standard InChI is InChI=1S/C8H17NO2Si/c1-10-6-7-11-12(2,3)8-4-5-9/h4,6-8H2,1-3H3. The monoisotopic (exact) mass is 187 g/mol. The van der Waals surface area contributed by atoms with Crippen LogP contribution in [0.5, 0.6) is 0 Å². The molecule has 0 bridgehead atoms. The molecule has 70 valence electrons. The topological polar surface area (TPSA) is 42.2 Å². The Morgan fingerprint density at radius 3 is 2.50 bits per heavy atom. The van der Waals surface area contributed by atoms with E-state index in [2.05, 4.69) is 19.2 Å². The second-order valence-electron chi connectivity index (χ2n) is 3.26. The summed E-state index contributed by atoms with van der Waals surface area (Å²) in [7, 11) is 0.0959. The summed E-state index contributed by atoms with van der Waals surface area (Å²) < 4.78 is 10.5. The molecule has 0 N–H and O–H groups in total. The third kappa shape index (κ3) is 6.34. The van der Waals surface area contributed by atoms with Crippen molar-refractivity contribution in [3.8, 4) is 6.07 Å². The lowest BCUT2D eigenvalue weighted by Gasteiger charge is -2.21. The van der Waals surface area contributed by atoms with Crippen molar-refractivity contribution < 1.29 is 9.16 Å². The molecule has 0 radical (unpaired) electrons. The van der Waals surface area contributed by atoms with Crippen LogP contribution in [0, 0.1) is 11.3 Å². The predicted molar refractivity (Wildman–Crippen MR) is 50.3 cm³/mol. The van der Waals surface area contributed by atoms with E-state index in [9.17, 15) is 0 Å². The highest BCUT2D eigenvalue weighted by Gasteiger charge is 2.21. The second kappa shape index (κ2) is 6.18. The fraction of sp³-hybridized carbons (Fsp3) is 0.875. The predicted octanol–water partition coefficient (Wildman–Crippen LogP) is 1.77. The summed E-state index contributed by atoms with van der Waals surface area (Å²) >= 11 is 0. The number of rotatable bonds is 6. The van der Waals surface area contributed by atoms with Crippen LogP contribution in [0.15, 0.2) is 0 Å². The summed E-state index contributed by atoms with van der Waals surface area (Å²) in [5.41, 5.74) is 0. The summed E-state index contributed by atoms with van der Waals surface area (Å²) in [5, 5.41) is 8.39. The average Bonchev–Trinajstić information content (AvgIpc) is 2.01. The van der Waals surface area contributed by atoms with Gasteiger partial charge in [-0.05, 0) is 19.1 Å². The normalized spacial score (nSPS) is 11.2.